The number of halogens is 20. The van der Waals surface area contributed by atoms with E-state index in [1.54, 1.807) is 16.8 Å². The van der Waals surface area contributed by atoms with E-state index in [0.29, 0.717) is 44.9 Å². The quantitative estimate of drug-likeness (QED) is 0.0281. The molecule has 4 N–H and O–H groups in total. The van der Waals surface area contributed by atoms with Gasteiger partial charge in [-0.2, -0.15) is 76.1 Å². The Hall–Kier alpha value is -10.9. The second-order valence-corrected chi connectivity index (χ2v) is 27.9. The summed E-state index contributed by atoms with van der Waals surface area (Å²) in [4.78, 5) is 78.1. The summed E-state index contributed by atoms with van der Waals surface area (Å²) >= 11 is 24.5. The number of alkyl halides is 15. The third-order valence-electron chi connectivity index (χ3n) is 14.7. The molecule has 0 aliphatic heterocycles. The van der Waals surface area contributed by atoms with Gasteiger partial charge < -0.3 is 31.1 Å². The number of hydrogen-bond acceptors (Lipinski definition) is 22. The lowest BCUT2D eigenvalue weighted by molar-refractivity contribution is -0.385. The van der Waals surface area contributed by atoms with Gasteiger partial charge in [0.15, 0.2) is 0 Å². The number of aromatic nitrogens is 10. The Morgan fingerprint density at radius 2 is 0.797 bits per heavy atom. The summed E-state index contributed by atoms with van der Waals surface area (Å²) in [7, 11) is 11.7. The molecule has 0 fully saturated rings. The average molecular weight is 1870 g/mol. The number of Topliss-reactive ketones (excluding diaryl/α,β-unsaturated/α-hetero) is 2. The van der Waals surface area contributed by atoms with Crippen molar-refractivity contribution in [1.29, 1.82) is 0 Å². The van der Waals surface area contributed by atoms with Crippen LogP contribution in [0.15, 0.2) is 134 Å². The number of nitrogen functional groups attached to an aromatic ring is 1. The van der Waals surface area contributed by atoms with Crippen molar-refractivity contribution in [2.75, 3.05) is 81.7 Å². The van der Waals surface area contributed by atoms with E-state index in [0.717, 1.165) is 69.6 Å². The summed E-state index contributed by atoms with van der Waals surface area (Å²) in [6.07, 6.45) is -16.0. The zero-order valence-electron chi connectivity index (χ0n) is 63.3. The number of nitro groups is 3. The third-order valence-corrected chi connectivity index (χ3v) is 16.9. The van der Waals surface area contributed by atoms with Crippen LogP contribution in [-0.2, 0) is 66.3 Å². The number of ketones is 2. The van der Waals surface area contributed by atoms with E-state index in [4.69, 9.17) is 57.9 Å². The molecule has 0 unspecified atom stereocenters. The Balaban J connectivity index is 0.000000298. The molecule has 0 saturated carbocycles. The molecule has 10 aromatic rings. The number of anilines is 5. The first-order chi connectivity index (χ1) is 54.4. The summed E-state index contributed by atoms with van der Waals surface area (Å²) in [6, 6.07) is 23.7. The van der Waals surface area contributed by atoms with Crippen molar-refractivity contribution in [1.82, 2.24) is 49.5 Å². The molecule has 2 aromatic carbocycles. The van der Waals surface area contributed by atoms with E-state index < -0.39 is 90.0 Å². The summed E-state index contributed by atoms with van der Waals surface area (Å²) in [5, 5.41) is 40.3. The highest BCUT2D eigenvalue weighted by Gasteiger charge is 2.40. The van der Waals surface area contributed by atoms with Gasteiger partial charge in [0, 0.05) is 129 Å². The van der Waals surface area contributed by atoms with Crippen molar-refractivity contribution in [3.8, 4) is 11.4 Å². The SMILES string of the molecule is CC(=O)Cc1cnc(N(C)C)c(C(F)(F)F)c1.CN(C)c1ncc(N)cc1C(F)(F)F.CN(C)c1ncc([N+](=O)[O-])cc1C(F)(F)F.Cc1cc(CCC(=O)Cc2cnc(N(C)C)c(C(F)(F)F)c2)n(-c2cccc(Cl)c2)n1.Cc1cc(CN)n(-c2cccc(Cl)c2)n1.O=[N+]([O-])c1cnc(Cl)c(C(F)(F)F)c1.O=[N+]([O-])c1cnc(Cl)c(I)c1. The van der Waals surface area contributed by atoms with Crippen LogP contribution in [0.25, 0.3) is 11.4 Å². The van der Waals surface area contributed by atoms with E-state index in [2.05, 4.69) is 40.1 Å². The highest BCUT2D eigenvalue weighted by atomic mass is 127. The predicted octanol–water partition coefficient (Wildman–Crippen LogP) is 18.4. The lowest BCUT2D eigenvalue weighted by atomic mass is 10.0. The fourth-order valence-corrected chi connectivity index (χ4v) is 10.8. The molecule has 8 heterocycles. The number of nitrogens with zero attached hydrogens (tertiary/aromatic N) is 17. The van der Waals surface area contributed by atoms with Crippen LogP contribution in [-0.4, -0.2) is 132 Å². The molecule has 0 bridgehead atoms. The highest BCUT2D eigenvalue weighted by molar-refractivity contribution is 14.1. The molecule has 0 saturated heterocycles. The molecular formula is C71H69Cl4F15IN19O8. The van der Waals surface area contributed by atoms with Gasteiger partial charge in [-0.1, -0.05) is 58.5 Å². The van der Waals surface area contributed by atoms with Gasteiger partial charge in [0.05, 0.1) is 75.4 Å². The van der Waals surface area contributed by atoms with Crippen molar-refractivity contribution < 1.29 is 90.2 Å². The van der Waals surface area contributed by atoms with Crippen LogP contribution in [0, 0.1) is 47.8 Å². The monoisotopic (exact) mass is 1870 g/mol. The summed E-state index contributed by atoms with van der Waals surface area (Å²) in [5.74, 6) is -1.18. The summed E-state index contributed by atoms with van der Waals surface area (Å²) < 4.78 is 194. The zero-order valence-corrected chi connectivity index (χ0v) is 68.5. The van der Waals surface area contributed by atoms with Gasteiger partial charge in [-0.25, -0.2) is 39.3 Å². The van der Waals surface area contributed by atoms with Crippen LogP contribution < -0.4 is 31.1 Å². The topological polar surface area (TPSA) is 342 Å². The van der Waals surface area contributed by atoms with E-state index >= 15 is 0 Å². The van der Waals surface area contributed by atoms with Crippen molar-refractivity contribution in [2.24, 2.45) is 5.73 Å². The fourth-order valence-electron chi connectivity index (χ4n) is 9.69. The number of benzene rings is 2. The first kappa shape index (κ1) is 99.5. The molecule has 0 amide bonds. The number of rotatable bonds is 17. The van der Waals surface area contributed by atoms with Gasteiger partial charge in [0.2, 0.25) is 0 Å². The van der Waals surface area contributed by atoms with Gasteiger partial charge in [-0.15, -0.1) is 0 Å². The second-order valence-electron chi connectivity index (χ2n) is 25.1. The van der Waals surface area contributed by atoms with E-state index in [1.165, 1.54) is 103 Å². The normalized spacial score (nSPS) is 11.2. The van der Waals surface area contributed by atoms with Crippen LogP contribution in [0.3, 0.4) is 0 Å². The van der Waals surface area contributed by atoms with Crippen LogP contribution in [0.4, 0.5) is 112 Å². The third kappa shape index (κ3) is 30.9. The maximum Gasteiger partial charge on any atom is 0.420 e. The van der Waals surface area contributed by atoms with Crippen LogP contribution >= 0.6 is 69.0 Å². The minimum atomic E-state index is -4.74. The van der Waals surface area contributed by atoms with Crippen LogP contribution in [0.5, 0.6) is 0 Å². The predicted molar refractivity (Wildman–Crippen MR) is 421 cm³/mol. The zero-order chi connectivity index (χ0) is 89.6. The largest absolute Gasteiger partial charge is 0.420 e. The van der Waals surface area contributed by atoms with E-state index in [9.17, 15) is 106 Å². The van der Waals surface area contributed by atoms with Gasteiger partial charge >= 0.3 is 30.9 Å². The Bertz CT molecular complexity index is 5150. The molecule has 636 valence electrons. The van der Waals surface area contributed by atoms with Crippen LogP contribution in [0.2, 0.25) is 20.4 Å². The average Bonchev–Trinajstić information content (AvgIpc) is 1.29. The van der Waals surface area contributed by atoms with Crippen molar-refractivity contribution in [3.63, 3.8) is 0 Å². The number of aryl methyl sites for hydroxylation is 3. The molecule has 118 heavy (non-hydrogen) atoms. The molecule has 27 nitrogen and oxygen atoms in total. The first-order valence-corrected chi connectivity index (χ1v) is 35.6. The number of carbonyl (C=O) groups excluding carboxylic acids is 2. The molecule has 0 aliphatic carbocycles. The molecule has 47 heteroatoms. The fraction of sp³-hybridized carbons (Fsp3) is 0.296. The molecule has 8 aromatic heterocycles. The van der Waals surface area contributed by atoms with Gasteiger partial charge in [-0.3, -0.25) is 39.9 Å². The maximum absolute atomic E-state index is 13.4. The van der Waals surface area contributed by atoms with Crippen LogP contribution in [0.1, 0.15) is 75.1 Å². The molecule has 0 aliphatic rings. The number of nitrogens with two attached hydrogens (primary N) is 2. The Labute approximate surface area is 695 Å². The van der Waals surface area contributed by atoms with Crippen molar-refractivity contribution in [2.45, 2.75) is 83.9 Å². The highest BCUT2D eigenvalue weighted by Crippen LogP contribution is 2.41. The molecule has 0 spiro atoms. The van der Waals surface area contributed by atoms with Gasteiger partial charge in [-0.05, 0) is 128 Å². The molecule has 0 radical (unpaired) electrons. The van der Waals surface area contributed by atoms with E-state index in [1.807, 2.05) is 89.7 Å². The Morgan fingerprint density at radius 1 is 0.458 bits per heavy atom. The Morgan fingerprint density at radius 3 is 1.17 bits per heavy atom. The number of carbonyl (C=O) groups is 2. The summed E-state index contributed by atoms with van der Waals surface area (Å²) in [6.45, 7) is 5.59. The Kier molecular flexibility index (Phi) is 36.2. The first-order valence-electron chi connectivity index (χ1n) is 33.0. The van der Waals surface area contributed by atoms with E-state index in [-0.39, 0.29) is 81.8 Å². The van der Waals surface area contributed by atoms with Gasteiger partial charge in [0.1, 0.15) is 74.9 Å². The van der Waals surface area contributed by atoms with Gasteiger partial charge in [0.25, 0.3) is 17.1 Å². The molecule has 0 atom stereocenters. The van der Waals surface area contributed by atoms with Crippen molar-refractivity contribution >= 4 is 127 Å². The minimum Gasteiger partial charge on any atom is -0.397 e. The lowest BCUT2D eigenvalue weighted by Gasteiger charge is -2.18. The standard InChI is InChI=1S/C22H22ClF3N4O.C11H12ClN3.C11H13F3N2O.C8H8F3N3O2.C8H10F3N3.C6H2ClF3N2O2.C5H2ClIN2O2/c1-14-9-18(30(28-14)17-6-4-5-16(23)12-17)7-8-19(31)10-15-11-20(22(24,25)26)21(27-13-15)29(2)3;1-8-5-11(7-13)15(14-8)10-4-2-3-9(12)6-10;1-7(17)4-8-5-9(11(12,13)14)10(15-6-8)16(2)3;1-13(2)7-6(8(9,10)11)3-5(4-12-7)14(15)16;1-14(2)7-6(8(9,10)11)3-5(12)4-13-7;7-5-4(6(8,9)10)1-3(2-11-5)12(13)14;6-5-4(7)1-3(2-8-5)9(10)11/h4-6,9,11-13H,7-8,10H2,1-3H3;2-6H,7,13H2,1H3;5-6H,4H2,1-3H3;3-4H,1-2H3;3-4H,12H2,1-2H3;1-2H;1-2H. The van der Waals surface area contributed by atoms with Crippen molar-refractivity contribution in [3.05, 3.63) is 250 Å². The second kappa shape index (κ2) is 43.0. The maximum atomic E-state index is 13.4. The number of pyridine rings is 6. The molecular weight excluding hydrogens is 1800 g/mol. The minimum absolute atomic E-state index is 0.00271. The lowest BCUT2D eigenvalue weighted by Crippen LogP contribution is -2.19. The summed E-state index contributed by atoms with van der Waals surface area (Å²) in [5.41, 5.74) is 10.3. The molecule has 10 rings (SSSR count). The smallest absolute Gasteiger partial charge is 0.397 e. The number of hydrogen-bond donors (Lipinski definition) is 2.